The normalized spacial score (nSPS) is 10.7. The maximum absolute atomic E-state index is 14.1. The van der Waals surface area contributed by atoms with Crippen LogP contribution in [0, 0.1) is 5.82 Å². The second-order valence-electron chi connectivity index (χ2n) is 5.50. The Kier molecular flexibility index (Phi) is 5.65. The van der Waals surface area contributed by atoms with Gasteiger partial charge in [0.05, 0.1) is 5.56 Å². The van der Waals surface area contributed by atoms with Gasteiger partial charge < -0.3 is 15.5 Å². The molecule has 1 aromatic heterocycles. The van der Waals surface area contributed by atoms with E-state index in [0.717, 1.165) is 5.56 Å². The summed E-state index contributed by atoms with van der Waals surface area (Å²) in [7, 11) is 5.37. The minimum Gasteiger partial charge on any atom is -0.365 e. The first kappa shape index (κ1) is 16.9. The van der Waals surface area contributed by atoms with E-state index in [1.165, 1.54) is 6.07 Å². The van der Waals surface area contributed by atoms with Gasteiger partial charge in [-0.25, -0.2) is 9.37 Å². The maximum atomic E-state index is 14.1. The lowest BCUT2D eigenvalue weighted by atomic mass is 10.1. The average molecular weight is 316 g/mol. The van der Waals surface area contributed by atoms with Crippen LogP contribution in [0.2, 0.25) is 0 Å². The van der Waals surface area contributed by atoms with Crippen LogP contribution >= 0.6 is 0 Å². The van der Waals surface area contributed by atoms with E-state index in [0.29, 0.717) is 30.0 Å². The number of rotatable bonds is 6. The molecule has 0 aliphatic carbocycles. The van der Waals surface area contributed by atoms with Crippen LogP contribution in [-0.2, 0) is 13.1 Å². The molecule has 0 aliphatic heterocycles. The molecule has 23 heavy (non-hydrogen) atoms. The molecule has 2 N–H and O–H groups in total. The predicted molar refractivity (Wildman–Crippen MR) is 88.7 cm³/mol. The van der Waals surface area contributed by atoms with Gasteiger partial charge in [-0.3, -0.25) is 4.79 Å². The minimum absolute atomic E-state index is 0.215. The van der Waals surface area contributed by atoms with Crippen LogP contribution in [0.25, 0.3) is 0 Å². The van der Waals surface area contributed by atoms with Crippen LogP contribution in [0.1, 0.15) is 21.5 Å². The van der Waals surface area contributed by atoms with Crippen molar-refractivity contribution in [2.75, 3.05) is 26.5 Å². The maximum Gasteiger partial charge on any atom is 0.254 e. The third kappa shape index (κ3) is 4.50. The molecule has 0 spiro atoms. The number of nitrogens with zero attached hydrogens (tertiary/aromatic N) is 2. The van der Waals surface area contributed by atoms with Gasteiger partial charge in [0, 0.05) is 31.9 Å². The van der Waals surface area contributed by atoms with Gasteiger partial charge in [-0.05, 0) is 37.9 Å². The van der Waals surface area contributed by atoms with Gasteiger partial charge in [0.1, 0.15) is 11.6 Å². The van der Waals surface area contributed by atoms with Crippen molar-refractivity contribution in [3.8, 4) is 0 Å². The molecule has 6 heteroatoms. The highest BCUT2D eigenvalue weighted by molar-refractivity contribution is 5.98. The summed E-state index contributed by atoms with van der Waals surface area (Å²) in [5, 5.41) is 5.65. The molecule has 0 aliphatic rings. The van der Waals surface area contributed by atoms with Gasteiger partial charge in [0.15, 0.2) is 0 Å². The van der Waals surface area contributed by atoms with Gasteiger partial charge in [0.25, 0.3) is 5.91 Å². The highest BCUT2D eigenvalue weighted by atomic mass is 19.1. The fourth-order valence-electron chi connectivity index (χ4n) is 2.22. The van der Waals surface area contributed by atoms with Crippen molar-refractivity contribution in [1.82, 2.24) is 15.2 Å². The van der Waals surface area contributed by atoms with Gasteiger partial charge in [0.2, 0.25) is 0 Å². The zero-order valence-corrected chi connectivity index (χ0v) is 13.6. The van der Waals surface area contributed by atoms with Crippen molar-refractivity contribution in [2.45, 2.75) is 13.1 Å². The molecule has 0 saturated carbocycles. The van der Waals surface area contributed by atoms with Crippen LogP contribution in [-0.4, -0.2) is 36.9 Å². The van der Waals surface area contributed by atoms with E-state index in [9.17, 15) is 9.18 Å². The number of benzene rings is 1. The summed E-state index contributed by atoms with van der Waals surface area (Å²) in [5.74, 6) is 0.0308. The molecule has 0 bridgehead atoms. The molecule has 1 aromatic carbocycles. The van der Waals surface area contributed by atoms with E-state index in [-0.39, 0.29) is 11.7 Å². The number of carbonyl (C=O) groups excluding carboxylic acids is 1. The standard InChI is InChI=1S/C17H21FN4O/c1-19-17(23)14-5-4-8-20-16(14)21-10-12-6-7-13(11-22(2)3)15(18)9-12/h4-9H,10-11H2,1-3H3,(H,19,23)(H,20,21). The summed E-state index contributed by atoms with van der Waals surface area (Å²) in [4.78, 5) is 17.9. The third-order valence-corrected chi connectivity index (χ3v) is 3.34. The molecular formula is C17H21FN4O. The van der Waals surface area contributed by atoms with Gasteiger partial charge >= 0.3 is 0 Å². The molecule has 0 fully saturated rings. The molecule has 2 rings (SSSR count). The number of anilines is 1. The monoisotopic (exact) mass is 316 g/mol. The Labute approximate surface area is 135 Å². The molecule has 0 unspecified atom stereocenters. The summed E-state index contributed by atoms with van der Waals surface area (Å²) in [6, 6.07) is 8.55. The Hall–Kier alpha value is -2.47. The Morgan fingerprint density at radius 1 is 1.30 bits per heavy atom. The van der Waals surface area contributed by atoms with Gasteiger partial charge in [-0.15, -0.1) is 0 Å². The summed E-state index contributed by atoms with van der Waals surface area (Å²) < 4.78 is 14.1. The van der Waals surface area contributed by atoms with Crippen molar-refractivity contribution in [3.05, 3.63) is 59.0 Å². The van der Waals surface area contributed by atoms with Gasteiger partial charge in [-0.2, -0.15) is 0 Å². The van der Waals surface area contributed by atoms with Crippen LogP contribution < -0.4 is 10.6 Å². The van der Waals surface area contributed by atoms with Crippen molar-refractivity contribution >= 4 is 11.7 Å². The zero-order valence-electron chi connectivity index (χ0n) is 13.6. The summed E-state index contributed by atoms with van der Waals surface area (Å²) in [6.07, 6.45) is 1.61. The molecule has 1 heterocycles. The van der Waals surface area contributed by atoms with E-state index in [1.54, 1.807) is 31.4 Å². The number of nitrogens with one attached hydrogen (secondary N) is 2. The third-order valence-electron chi connectivity index (χ3n) is 3.34. The number of hydrogen-bond donors (Lipinski definition) is 2. The Balaban J connectivity index is 2.10. The minimum atomic E-state index is -0.231. The Bertz CT molecular complexity index is 688. The topological polar surface area (TPSA) is 57.3 Å². The fourth-order valence-corrected chi connectivity index (χ4v) is 2.22. The highest BCUT2D eigenvalue weighted by Gasteiger charge is 2.11. The first-order valence-corrected chi connectivity index (χ1v) is 7.34. The van der Waals surface area contributed by atoms with E-state index in [2.05, 4.69) is 15.6 Å². The van der Waals surface area contributed by atoms with Crippen LogP contribution in [0.15, 0.2) is 36.5 Å². The van der Waals surface area contributed by atoms with Gasteiger partial charge in [-0.1, -0.05) is 12.1 Å². The van der Waals surface area contributed by atoms with E-state index < -0.39 is 0 Å². The Morgan fingerprint density at radius 2 is 2.09 bits per heavy atom. The number of hydrogen-bond acceptors (Lipinski definition) is 4. The van der Waals surface area contributed by atoms with E-state index in [1.807, 2.05) is 25.1 Å². The number of carbonyl (C=O) groups is 1. The molecule has 1 amide bonds. The molecule has 0 saturated heterocycles. The summed E-state index contributed by atoms with van der Waals surface area (Å²) >= 11 is 0. The van der Waals surface area contributed by atoms with Crippen molar-refractivity contribution in [1.29, 1.82) is 0 Å². The zero-order chi connectivity index (χ0) is 16.8. The lowest BCUT2D eigenvalue weighted by molar-refractivity contribution is 0.0963. The number of halogens is 1. The smallest absolute Gasteiger partial charge is 0.254 e. The first-order valence-electron chi connectivity index (χ1n) is 7.34. The fraction of sp³-hybridized carbons (Fsp3) is 0.294. The average Bonchev–Trinajstić information content (AvgIpc) is 2.54. The first-order chi connectivity index (χ1) is 11.0. The summed E-state index contributed by atoms with van der Waals surface area (Å²) in [6.45, 7) is 0.945. The Morgan fingerprint density at radius 3 is 2.74 bits per heavy atom. The number of aromatic nitrogens is 1. The molecule has 2 aromatic rings. The summed E-state index contributed by atoms with van der Waals surface area (Å²) in [5.41, 5.74) is 1.90. The predicted octanol–water partition coefficient (Wildman–Crippen LogP) is 2.25. The van der Waals surface area contributed by atoms with E-state index in [4.69, 9.17) is 0 Å². The van der Waals surface area contributed by atoms with E-state index >= 15 is 0 Å². The van der Waals surface area contributed by atoms with Crippen LogP contribution in [0.3, 0.4) is 0 Å². The van der Waals surface area contributed by atoms with Crippen LogP contribution in [0.4, 0.5) is 10.2 Å². The SMILES string of the molecule is CNC(=O)c1cccnc1NCc1ccc(CN(C)C)c(F)c1. The molecule has 122 valence electrons. The molecule has 5 nitrogen and oxygen atoms in total. The molecular weight excluding hydrogens is 295 g/mol. The van der Waals surface area contributed by atoms with Crippen molar-refractivity contribution in [3.63, 3.8) is 0 Å². The quantitative estimate of drug-likeness (QED) is 0.858. The lowest BCUT2D eigenvalue weighted by Gasteiger charge is -2.13. The van der Waals surface area contributed by atoms with Crippen molar-refractivity contribution in [2.24, 2.45) is 0 Å². The lowest BCUT2D eigenvalue weighted by Crippen LogP contribution is -2.20. The largest absolute Gasteiger partial charge is 0.365 e. The van der Waals surface area contributed by atoms with Crippen molar-refractivity contribution < 1.29 is 9.18 Å². The number of amides is 1. The number of pyridine rings is 1. The molecule has 0 atom stereocenters. The molecule has 0 radical (unpaired) electrons. The second kappa shape index (κ2) is 7.69. The van der Waals surface area contributed by atoms with Crippen LogP contribution in [0.5, 0.6) is 0 Å². The second-order valence-corrected chi connectivity index (χ2v) is 5.50. The highest BCUT2D eigenvalue weighted by Crippen LogP contribution is 2.15.